The molecule has 0 aromatic carbocycles. The fourth-order valence-electron chi connectivity index (χ4n) is 1.54. The molecule has 18 heavy (non-hydrogen) atoms. The third-order valence-corrected chi connectivity index (χ3v) is 2.62. The highest BCUT2D eigenvalue weighted by Crippen LogP contribution is 2.32. The van der Waals surface area contributed by atoms with Gasteiger partial charge >= 0.3 is 0 Å². The molecule has 0 N–H and O–H groups in total. The molecule has 96 valence electrons. The Kier molecular flexibility index (Phi) is 4.55. The summed E-state index contributed by atoms with van der Waals surface area (Å²) in [5.41, 5.74) is 1.79. The minimum absolute atomic E-state index is 0.0440. The van der Waals surface area contributed by atoms with E-state index in [-0.39, 0.29) is 5.41 Å². The monoisotopic (exact) mass is 242 g/mol. The third-order valence-electron chi connectivity index (χ3n) is 2.62. The van der Waals surface area contributed by atoms with Crippen LogP contribution < -0.4 is 0 Å². The number of hydrogen-bond acceptors (Lipinski definition) is 1. The summed E-state index contributed by atoms with van der Waals surface area (Å²) < 4.78 is 5.89. The maximum atomic E-state index is 5.89. The van der Waals surface area contributed by atoms with Crippen molar-refractivity contribution in [3.8, 4) is 0 Å². The molecule has 1 heteroatoms. The van der Waals surface area contributed by atoms with E-state index in [1.54, 1.807) is 0 Å². The summed E-state index contributed by atoms with van der Waals surface area (Å²) in [7, 11) is 0. The van der Waals surface area contributed by atoms with Gasteiger partial charge in [0.15, 0.2) is 0 Å². The third kappa shape index (κ3) is 3.63. The SMILES string of the molecule is C=C1/C=C\C=C(\C(C)(C)C)OC(=C)/C1=C\C=C/C. The Labute approximate surface area is 111 Å². The first kappa shape index (κ1) is 14.3. The fourth-order valence-corrected chi connectivity index (χ4v) is 1.54. The van der Waals surface area contributed by atoms with Gasteiger partial charge in [0.2, 0.25) is 0 Å². The van der Waals surface area contributed by atoms with Crippen molar-refractivity contribution < 1.29 is 4.74 Å². The first-order valence-corrected chi connectivity index (χ1v) is 6.14. The van der Waals surface area contributed by atoms with Gasteiger partial charge < -0.3 is 4.74 Å². The van der Waals surface area contributed by atoms with Crippen LogP contribution in [0.4, 0.5) is 0 Å². The van der Waals surface area contributed by atoms with E-state index < -0.39 is 0 Å². The Balaban J connectivity index is 3.15. The molecule has 1 aliphatic rings. The molecule has 0 aromatic heterocycles. The van der Waals surface area contributed by atoms with E-state index in [0.29, 0.717) is 5.76 Å². The zero-order valence-corrected chi connectivity index (χ0v) is 11.8. The number of ether oxygens (including phenoxy) is 1. The van der Waals surface area contributed by atoms with Gasteiger partial charge in [-0.05, 0) is 18.6 Å². The summed E-state index contributed by atoms with van der Waals surface area (Å²) in [4.78, 5) is 0. The van der Waals surface area contributed by atoms with E-state index in [4.69, 9.17) is 4.74 Å². The van der Waals surface area contributed by atoms with Crippen LogP contribution in [0, 0.1) is 5.41 Å². The number of allylic oxidation sites excluding steroid dienone is 8. The number of rotatable bonds is 1. The maximum Gasteiger partial charge on any atom is 0.127 e. The second kappa shape index (κ2) is 5.72. The molecule has 1 heterocycles. The van der Waals surface area contributed by atoms with Crippen molar-refractivity contribution in [1.29, 1.82) is 0 Å². The molecule has 0 saturated heterocycles. The molecule has 0 atom stereocenters. The highest BCUT2D eigenvalue weighted by Gasteiger charge is 2.21. The van der Waals surface area contributed by atoms with E-state index in [9.17, 15) is 0 Å². The van der Waals surface area contributed by atoms with Crippen molar-refractivity contribution in [1.82, 2.24) is 0 Å². The van der Waals surface area contributed by atoms with Crippen LogP contribution in [0.25, 0.3) is 0 Å². The van der Waals surface area contributed by atoms with Crippen LogP contribution in [0.15, 0.2) is 72.3 Å². The van der Waals surface area contributed by atoms with Crippen molar-refractivity contribution in [2.75, 3.05) is 0 Å². The van der Waals surface area contributed by atoms with Crippen LogP contribution in [-0.4, -0.2) is 0 Å². The molecule has 0 fully saturated rings. The standard InChI is InChI=1S/C17H22O/c1-7-8-11-15-13(2)10-9-12-16(17(4,5)6)18-14(15)3/h7-12H,2-3H2,1,4-6H3/b8-7-,10-9-,15-11-,16-12-. The Bertz CT molecular complexity index is 462. The van der Waals surface area contributed by atoms with Gasteiger partial charge in [-0.15, -0.1) is 0 Å². The Morgan fingerprint density at radius 1 is 1.22 bits per heavy atom. The minimum Gasteiger partial charge on any atom is -0.461 e. The van der Waals surface area contributed by atoms with Crippen molar-refractivity contribution in [3.63, 3.8) is 0 Å². The van der Waals surface area contributed by atoms with Crippen molar-refractivity contribution >= 4 is 0 Å². The highest BCUT2D eigenvalue weighted by atomic mass is 16.5. The Morgan fingerprint density at radius 2 is 1.89 bits per heavy atom. The molecular weight excluding hydrogens is 220 g/mol. The predicted molar refractivity (Wildman–Crippen MR) is 78.9 cm³/mol. The average Bonchev–Trinajstić information content (AvgIpc) is 2.25. The van der Waals surface area contributed by atoms with Crippen LogP contribution >= 0.6 is 0 Å². The fraction of sp³-hybridized carbons (Fsp3) is 0.294. The second-order valence-electron chi connectivity index (χ2n) is 5.30. The van der Waals surface area contributed by atoms with Gasteiger partial charge in [0.05, 0.1) is 0 Å². The average molecular weight is 242 g/mol. The van der Waals surface area contributed by atoms with Crippen LogP contribution in [0.2, 0.25) is 0 Å². The van der Waals surface area contributed by atoms with Crippen LogP contribution in [0.1, 0.15) is 27.7 Å². The van der Waals surface area contributed by atoms with Crippen LogP contribution in [0.5, 0.6) is 0 Å². The molecule has 0 spiro atoms. The summed E-state index contributed by atoms with van der Waals surface area (Å²) >= 11 is 0. The maximum absolute atomic E-state index is 5.89. The lowest BCUT2D eigenvalue weighted by atomic mass is 9.92. The Morgan fingerprint density at radius 3 is 2.44 bits per heavy atom. The van der Waals surface area contributed by atoms with E-state index in [1.807, 2.05) is 43.4 Å². The van der Waals surface area contributed by atoms with E-state index in [1.165, 1.54) is 0 Å². The molecule has 0 aromatic rings. The smallest absolute Gasteiger partial charge is 0.127 e. The van der Waals surface area contributed by atoms with Crippen molar-refractivity contribution in [2.24, 2.45) is 5.41 Å². The van der Waals surface area contributed by atoms with Gasteiger partial charge in [0.1, 0.15) is 11.5 Å². The molecule has 0 radical (unpaired) electrons. The van der Waals surface area contributed by atoms with Gasteiger partial charge in [-0.3, -0.25) is 0 Å². The molecule has 1 rings (SSSR count). The Hall–Kier alpha value is -1.76. The highest BCUT2D eigenvalue weighted by molar-refractivity contribution is 5.50. The number of hydrogen-bond donors (Lipinski definition) is 0. The quantitative estimate of drug-likeness (QED) is 0.623. The lowest BCUT2D eigenvalue weighted by Crippen LogP contribution is -2.13. The first-order valence-electron chi connectivity index (χ1n) is 6.14. The molecule has 0 unspecified atom stereocenters. The molecular formula is C17H22O. The largest absolute Gasteiger partial charge is 0.461 e. The van der Waals surface area contributed by atoms with Gasteiger partial charge in [-0.2, -0.15) is 0 Å². The van der Waals surface area contributed by atoms with Crippen LogP contribution in [0.3, 0.4) is 0 Å². The zero-order valence-electron chi connectivity index (χ0n) is 11.8. The zero-order chi connectivity index (χ0) is 13.8. The first-order chi connectivity index (χ1) is 8.36. The normalized spacial score (nSPS) is 24.4. The topological polar surface area (TPSA) is 9.23 Å². The molecule has 0 saturated carbocycles. The molecule has 1 aliphatic heterocycles. The predicted octanol–water partition coefficient (Wildman–Crippen LogP) is 5.08. The minimum atomic E-state index is -0.0440. The summed E-state index contributed by atoms with van der Waals surface area (Å²) in [6.07, 6.45) is 11.8. The summed E-state index contributed by atoms with van der Waals surface area (Å²) in [5.74, 6) is 1.55. The van der Waals surface area contributed by atoms with Gasteiger partial charge in [0.25, 0.3) is 0 Å². The van der Waals surface area contributed by atoms with Crippen molar-refractivity contribution in [2.45, 2.75) is 27.7 Å². The van der Waals surface area contributed by atoms with E-state index in [2.05, 4.69) is 33.9 Å². The van der Waals surface area contributed by atoms with E-state index >= 15 is 0 Å². The molecule has 0 amide bonds. The van der Waals surface area contributed by atoms with Crippen LogP contribution in [-0.2, 0) is 4.74 Å². The van der Waals surface area contributed by atoms with Gasteiger partial charge in [-0.1, -0.05) is 64.3 Å². The summed E-state index contributed by atoms with van der Waals surface area (Å²) in [6, 6.07) is 0. The van der Waals surface area contributed by atoms with Crippen molar-refractivity contribution in [3.05, 3.63) is 72.3 Å². The summed E-state index contributed by atoms with van der Waals surface area (Å²) in [6.45, 7) is 16.4. The summed E-state index contributed by atoms with van der Waals surface area (Å²) in [5, 5.41) is 0. The lowest BCUT2D eigenvalue weighted by molar-refractivity contribution is 0.225. The van der Waals surface area contributed by atoms with Gasteiger partial charge in [-0.25, -0.2) is 0 Å². The molecule has 0 aliphatic carbocycles. The lowest BCUT2D eigenvalue weighted by Gasteiger charge is -2.25. The van der Waals surface area contributed by atoms with E-state index in [0.717, 1.165) is 16.9 Å². The molecule has 0 bridgehead atoms. The second-order valence-corrected chi connectivity index (χ2v) is 5.30. The molecule has 1 nitrogen and oxygen atoms in total. The van der Waals surface area contributed by atoms with Gasteiger partial charge in [0, 0.05) is 11.0 Å².